The van der Waals surface area contributed by atoms with Crippen LogP contribution in [-0.2, 0) is 9.53 Å². The molecule has 0 spiro atoms. The topological polar surface area (TPSA) is 41.9 Å². The van der Waals surface area contributed by atoms with Crippen molar-refractivity contribution in [2.45, 2.75) is 13.0 Å². The van der Waals surface area contributed by atoms with E-state index in [1.54, 1.807) is 18.2 Å². The zero-order valence-electron chi connectivity index (χ0n) is 12.6. The van der Waals surface area contributed by atoms with Gasteiger partial charge in [0.05, 0.1) is 12.9 Å². The standard InChI is InChI=1S/C17H20N2O2/c1-4-21-17(20)16(18-12-19(2)3)15-11-7-9-13-8-5-6-10-14(13)15/h5-12,16H,4H2,1-3H3. The Bertz CT molecular complexity index is 645. The van der Waals surface area contributed by atoms with Gasteiger partial charge in [-0.3, -0.25) is 4.99 Å². The number of benzene rings is 2. The molecular formula is C17H20N2O2. The van der Waals surface area contributed by atoms with Crippen LogP contribution >= 0.6 is 0 Å². The summed E-state index contributed by atoms with van der Waals surface area (Å²) in [5, 5.41) is 2.11. The number of aliphatic imine (C=N–C) groups is 1. The predicted octanol–water partition coefficient (Wildman–Crippen LogP) is 3.03. The first kappa shape index (κ1) is 15.0. The molecule has 0 amide bonds. The van der Waals surface area contributed by atoms with E-state index >= 15 is 0 Å². The maximum absolute atomic E-state index is 12.2. The third kappa shape index (κ3) is 3.60. The van der Waals surface area contributed by atoms with E-state index in [0.717, 1.165) is 16.3 Å². The van der Waals surface area contributed by atoms with Crippen molar-refractivity contribution in [3.05, 3.63) is 48.0 Å². The maximum atomic E-state index is 12.2. The largest absolute Gasteiger partial charge is 0.464 e. The van der Waals surface area contributed by atoms with Crippen LogP contribution in [0.5, 0.6) is 0 Å². The van der Waals surface area contributed by atoms with Gasteiger partial charge in [0.2, 0.25) is 0 Å². The Morgan fingerprint density at radius 1 is 1.24 bits per heavy atom. The quantitative estimate of drug-likeness (QED) is 0.481. The van der Waals surface area contributed by atoms with Crippen LogP contribution in [0.15, 0.2) is 47.5 Å². The van der Waals surface area contributed by atoms with Gasteiger partial charge in [0.15, 0.2) is 6.04 Å². The van der Waals surface area contributed by atoms with E-state index in [0.29, 0.717) is 6.61 Å². The smallest absolute Gasteiger partial charge is 0.335 e. The highest BCUT2D eigenvalue weighted by Crippen LogP contribution is 2.27. The van der Waals surface area contributed by atoms with E-state index in [4.69, 9.17) is 4.74 Å². The van der Waals surface area contributed by atoms with Crippen molar-refractivity contribution in [3.8, 4) is 0 Å². The number of carbonyl (C=O) groups excluding carboxylic acids is 1. The number of hydrogen-bond acceptors (Lipinski definition) is 3. The van der Waals surface area contributed by atoms with Crippen molar-refractivity contribution in [2.75, 3.05) is 20.7 Å². The minimum atomic E-state index is -0.640. The Labute approximate surface area is 125 Å². The molecule has 0 aliphatic carbocycles. The van der Waals surface area contributed by atoms with Crippen molar-refractivity contribution in [1.29, 1.82) is 0 Å². The van der Waals surface area contributed by atoms with E-state index in [9.17, 15) is 4.79 Å². The number of ether oxygens (including phenoxy) is 1. The summed E-state index contributed by atoms with van der Waals surface area (Å²) < 4.78 is 5.17. The van der Waals surface area contributed by atoms with Crippen LogP contribution in [0.4, 0.5) is 0 Å². The molecule has 0 N–H and O–H groups in total. The minimum Gasteiger partial charge on any atom is -0.464 e. The summed E-state index contributed by atoms with van der Waals surface area (Å²) in [4.78, 5) is 18.4. The molecule has 1 unspecified atom stereocenters. The average Bonchev–Trinajstić information content (AvgIpc) is 2.47. The molecule has 0 aliphatic rings. The van der Waals surface area contributed by atoms with Gasteiger partial charge in [0.1, 0.15) is 0 Å². The van der Waals surface area contributed by atoms with E-state index in [-0.39, 0.29) is 5.97 Å². The molecule has 110 valence electrons. The molecule has 0 radical (unpaired) electrons. The third-order valence-corrected chi connectivity index (χ3v) is 3.07. The van der Waals surface area contributed by atoms with Crippen molar-refractivity contribution in [1.82, 2.24) is 4.90 Å². The molecule has 0 saturated heterocycles. The predicted molar refractivity (Wildman–Crippen MR) is 85.5 cm³/mol. The fraction of sp³-hybridized carbons (Fsp3) is 0.294. The highest BCUT2D eigenvalue weighted by atomic mass is 16.5. The summed E-state index contributed by atoms with van der Waals surface area (Å²) >= 11 is 0. The van der Waals surface area contributed by atoms with Gasteiger partial charge in [-0.1, -0.05) is 42.5 Å². The van der Waals surface area contributed by atoms with Crippen LogP contribution in [0.3, 0.4) is 0 Å². The molecule has 0 bridgehead atoms. The molecule has 4 heteroatoms. The molecule has 21 heavy (non-hydrogen) atoms. The molecule has 0 saturated carbocycles. The fourth-order valence-corrected chi connectivity index (χ4v) is 2.18. The maximum Gasteiger partial charge on any atom is 0.335 e. The van der Waals surface area contributed by atoms with Crippen LogP contribution in [0.1, 0.15) is 18.5 Å². The molecule has 2 aromatic carbocycles. The van der Waals surface area contributed by atoms with Gasteiger partial charge in [0.25, 0.3) is 0 Å². The second-order valence-corrected chi connectivity index (χ2v) is 4.95. The lowest BCUT2D eigenvalue weighted by atomic mass is 9.99. The number of esters is 1. The Morgan fingerprint density at radius 2 is 1.95 bits per heavy atom. The molecule has 4 nitrogen and oxygen atoms in total. The first-order valence-electron chi connectivity index (χ1n) is 6.97. The summed E-state index contributed by atoms with van der Waals surface area (Å²) in [5.74, 6) is -0.327. The Hall–Kier alpha value is -2.36. The number of hydrogen-bond donors (Lipinski definition) is 0. The van der Waals surface area contributed by atoms with Gasteiger partial charge in [-0.25, -0.2) is 4.79 Å². The normalized spacial score (nSPS) is 12.5. The lowest BCUT2D eigenvalue weighted by Crippen LogP contribution is -2.17. The second kappa shape index (κ2) is 6.88. The van der Waals surface area contributed by atoms with Gasteiger partial charge >= 0.3 is 5.97 Å². The van der Waals surface area contributed by atoms with Crippen molar-refractivity contribution in [2.24, 2.45) is 4.99 Å². The van der Waals surface area contributed by atoms with Gasteiger partial charge in [-0.05, 0) is 23.3 Å². The highest BCUT2D eigenvalue weighted by Gasteiger charge is 2.22. The van der Waals surface area contributed by atoms with Gasteiger partial charge in [-0.15, -0.1) is 0 Å². The fourth-order valence-electron chi connectivity index (χ4n) is 2.18. The Kier molecular flexibility index (Phi) is 4.93. The van der Waals surface area contributed by atoms with Crippen molar-refractivity contribution < 1.29 is 9.53 Å². The monoisotopic (exact) mass is 284 g/mol. The Morgan fingerprint density at radius 3 is 2.67 bits per heavy atom. The SMILES string of the molecule is CCOC(=O)C(N=CN(C)C)c1cccc2ccccc12. The van der Waals surface area contributed by atoms with Crippen molar-refractivity contribution in [3.63, 3.8) is 0 Å². The molecule has 1 atom stereocenters. The number of fused-ring (bicyclic) bond motifs is 1. The van der Waals surface area contributed by atoms with Gasteiger partial charge < -0.3 is 9.64 Å². The zero-order valence-corrected chi connectivity index (χ0v) is 12.6. The average molecular weight is 284 g/mol. The molecule has 2 aromatic rings. The minimum absolute atomic E-state index is 0.327. The summed E-state index contributed by atoms with van der Waals surface area (Å²) in [6.45, 7) is 2.14. The lowest BCUT2D eigenvalue weighted by molar-refractivity contribution is -0.144. The van der Waals surface area contributed by atoms with Crippen LogP contribution < -0.4 is 0 Å². The molecule has 2 rings (SSSR count). The Balaban J connectivity index is 2.50. The first-order chi connectivity index (χ1) is 10.1. The third-order valence-electron chi connectivity index (χ3n) is 3.07. The van der Waals surface area contributed by atoms with Crippen LogP contribution in [-0.4, -0.2) is 37.9 Å². The summed E-state index contributed by atoms with van der Waals surface area (Å²) in [5.41, 5.74) is 0.865. The molecule has 0 aliphatic heterocycles. The number of carbonyl (C=O) groups is 1. The van der Waals surface area contributed by atoms with E-state index in [1.165, 1.54) is 0 Å². The van der Waals surface area contributed by atoms with Crippen LogP contribution in [0.2, 0.25) is 0 Å². The van der Waals surface area contributed by atoms with Crippen LogP contribution in [0.25, 0.3) is 10.8 Å². The summed E-state index contributed by atoms with van der Waals surface area (Å²) in [7, 11) is 3.74. The van der Waals surface area contributed by atoms with E-state index < -0.39 is 6.04 Å². The van der Waals surface area contributed by atoms with Crippen molar-refractivity contribution >= 4 is 23.1 Å². The highest BCUT2D eigenvalue weighted by molar-refractivity contribution is 5.91. The molecular weight excluding hydrogens is 264 g/mol. The molecule has 0 fully saturated rings. The summed E-state index contributed by atoms with van der Waals surface area (Å²) in [6, 6.07) is 13.2. The van der Waals surface area contributed by atoms with Crippen LogP contribution in [0, 0.1) is 0 Å². The lowest BCUT2D eigenvalue weighted by Gasteiger charge is -2.15. The second-order valence-electron chi connectivity index (χ2n) is 4.95. The molecule has 0 aromatic heterocycles. The van der Waals surface area contributed by atoms with Gasteiger partial charge in [0, 0.05) is 14.1 Å². The molecule has 0 heterocycles. The van der Waals surface area contributed by atoms with E-state index in [1.807, 2.05) is 56.6 Å². The zero-order chi connectivity index (χ0) is 15.2. The summed E-state index contributed by atoms with van der Waals surface area (Å²) in [6.07, 6.45) is 1.64. The number of rotatable bonds is 5. The number of nitrogens with zero attached hydrogens (tertiary/aromatic N) is 2. The van der Waals surface area contributed by atoms with Gasteiger partial charge in [-0.2, -0.15) is 0 Å². The first-order valence-corrected chi connectivity index (χ1v) is 6.97. The van der Waals surface area contributed by atoms with E-state index in [2.05, 4.69) is 4.99 Å².